The van der Waals surface area contributed by atoms with Crippen molar-refractivity contribution in [2.45, 2.75) is 102 Å². The fraction of sp³-hybridized carbons (Fsp3) is 0.643. The molecule has 2 aromatic rings. The maximum atomic E-state index is 12.8. The van der Waals surface area contributed by atoms with Gasteiger partial charge in [0.05, 0.1) is 6.04 Å². The molecule has 2 aliphatic heterocycles. The second-order valence-corrected chi connectivity index (χ2v) is 10.9. The summed E-state index contributed by atoms with van der Waals surface area (Å²) in [6, 6.07) is 12.6. The van der Waals surface area contributed by atoms with E-state index in [0.29, 0.717) is 24.0 Å². The number of benzene rings is 1. The summed E-state index contributed by atoms with van der Waals surface area (Å²) in [4.78, 5) is 20.2. The summed E-state index contributed by atoms with van der Waals surface area (Å²) in [6.07, 6.45) is 11.4. The maximum Gasteiger partial charge on any atom is 0.223 e. The molecular weight excluding hydrogens is 408 g/mol. The molecule has 0 radical (unpaired) electrons. The third-order valence-electron chi connectivity index (χ3n) is 8.50. The van der Waals surface area contributed by atoms with Gasteiger partial charge in [0, 0.05) is 42.5 Å². The van der Waals surface area contributed by atoms with Crippen LogP contribution in [0.15, 0.2) is 36.5 Å². The molecule has 1 aliphatic carbocycles. The zero-order chi connectivity index (χ0) is 22.9. The van der Waals surface area contributed by atoms with E-state index in [-0.39, 0.29) is 17.9 Å². The minimum absolute atomic E-state index is 0.111. The molecule has 33 heavy (non-hydrogen) atoms. The van der Waals surface area contributed by atoms with Crippen LogP contribution in [0, 0.1) is 12.8 Å². The van der Waals surface area contributed by atoms with Gasteiger partial charge >= 0.3 is 0 Å². The molecule has 1 aromatic heterocycles. The Morgan fingerprint density at radius 3 is 2.36 bits per heavy atom. The lowest BCUT2D eigenvalue weighted by molar-refractivity contribution is -0.128. The van der Waals surface area contributed by atoms with Crippen molar-refractivity contribution in [3.8, 4) is 0 Å². The zero-order valence-corrected chi connectivity index (χ0v) is 20.5. The Balaban J connectivity index is 1.26. The first kappa shape index (κ1) is 22.6. The molecule has 3 aliphatic rings. The van der Waals surface area contributed by atoms with Crippen molar-refractivity contribution in [2.24, 2.45) is 5.92 Å². The van der Waals surface area contributed by atoms with Crippen LogP contribution in [0.25, 0.3) is 0 Å². The zero-order valence-electron chi connectivity index (χ0n) is 20.5. The normalized spacial score (nSPS) is 26.4. The summed E-state index contributed by atoms with van der Waals surface area (Å²) in [5.74, 6) is 2.16. The Bertz CT molecular complexity index is 934. The molecule has 5 heteroatoms. The first-order chi connectivity index (χ1) is 16.0. The summed E-state index contributed by atoms with van der Waals surface area (Å²) >= 11 is 0. The molecule has 2 bridgehead atoms. The third-order valence-corrected chi connectivity index (χ3v) is 8.50. The molecule has 5 nitrogen and oxygen atoms in total. The Labute approximate surface area is 199 Å². The number of amides is 1. The van der Waals surface area contributed by atoms with Crippen LogP contribution in [0.3, 0.4) is 0 Å². The van der Waals surface area contributed by atoms with Gasteiger partial charge in [-0.05, 0) is 63.4 Å². The van der Waals surface area contributed by atoms with Crippen LogP contribution in [-0.4, -0.2) is 39.0 Å². The van der Waals surface area contributed by atoms with Gasteiger partial charge in [-0.25, -0.2) is 4.98 Å². The van der Waals surface area contributed by atoms with E-state index >= 15 is 0 Å². The molecule has 1 amide bonds. The predicted molar refractivity (Wildman–Crippen MR) is 132 cm³/mol. The molecule has 178 valence electrons. The van der Waals surface area contributed by atoms with E-state index in [1.54, 1.807) is 0 Å². The van der Waals surface area contributed by atoms with Crippen LogP contribution in [-0.2, 0) is 4.79 Å². The Hall–Kier alpha value is -2.14. The number of hydrogen-bond acceptors (Lipinski definition) is 3. The fourth-order valence-corrected chi connectivity index (χ4v) is 6.44. The number of aryl methyl sites for hydroxylation is 1. The van der Waals surface area contributed by atoms with Gasteiger partial charge in [0.2, 0.25) is 5.91 Å². The number of nitrogens with zero attached hydrogens (tertiary/aromatic N) is 3. The maximum absolute atomic E-state index is 12.8. The molecule has 0 spiro atoms. The molecule has 1 aromatic carbocycles. The van der Waals surface area contributed by atoms with Crippen LogP contribution in [0.5, 0.6) is 0 Å². The largest absolute Gasteiger partial charge is 0.349 e. The second-order valence-electron chi connectivity index (χ2n) is 10.9. The molecule has 2 saturated heterocycles. The number of piperidine rings is 1. The van der Waals surface area contributed by atoms with E-state index in [9.17, 15) is 4.79 Å². The van der Waals surface area contributed by atoms with E-state index in [1.807, 2.05) is 0 Å². The van der Waals surface area contributed by atoms with Crippen LogP contribution in [0.1, 0.15) is 100 Å². The first-order valence-electron chi connectivity index (χ1n) is 13.2. The summed E-state index contributed by atoms with van der Waals surface area (Å²) in [5, 5.41) is 3.41. The number of hydrogen-bond donors (Lipinski definition) is 1. The van der Waals surface area contributed by atoms with Gasteiger partial charge in [-0.3, -0.25) is 9.69 Å². The van der Waals surface area contributed by atoms with Crippen molar-refractivity contribution < 1.29 is 4.79 Å². The van der Waals surface area contributed by atoms with E-state index in [1.165, 1.54) is 49.2 Å². The lowest BCUT2D eigenvalue weighted by Gasteiger charge is -2.41. The van der Waals surface area contributed by atoms with Gasteiger partial charge in [0.1, 0.15) is 5.82 Å². The minimum Gasteiger partial charge on any atom is -0.349 e. The highest BCUT2D eigenvalue weighted by atomic mass is 16.2. The predicted octanol–water partition coefficient (Wildman–Crippen LogP) is 5.53. The molecule has 0 unspecified atom stereocenters. The average Bonchev–Trinajstić information content (AvgIpc) is 3.26. The molecule has 5 rings (SSSR count). The van der Waals surface area contributed by atoms with Gasteiger partial charge in [-0.2, -0.15) is 0 Å². The lowest BCUT2D eigenvalue weighted by atomic mass is 9.84. The van der Waals surface area contributed by atoms with Gasteiger partial charge in [0.15, 0.2) is 0 Å². The fourth-order valence-electron chi connectivity index (χ4n) is 6.44. The van der Waals surface area contributed by atoms with Crippen LogP contribution in [0.2, 0.25) is 0 Å². The van der Waals surface area contributed by atoms with Gasteiger partial charge in [0.25, 0.3) is 0 Å². The quantitative estimate of drug-likeness (QED) is 0.578. The molecule has 1 saturated carbocycles. The van der Waals surface area contributed by atoms with Gasteiger partial charge in [-0.15, -0.1) is 0 Å². The monoisotopic (exact) mass is 448 g/mol. The smallest absolute Gasteiger partial charge is 0.223 e. The molecule has 3 heterocycles. The first-order valence-corrected chi connectivity index (χ1v) is 13.2. The highest BCUT2D eigenvalue weighted by molar-refractivity contribution is 5.79. The number of aromatic nitrogens is 2. The van der Waals surface area contributed by atoms with Crippen LogP contribution in [0.4, 0.5) is 0 Å². The molecular formula is C28H40N4O. The highest BCUT2D eigenvalue weighted by Crippen LogP contribution is 2.42. The number of fused-ring (bicyclic) bond motifs is 2. The number of carbonyl (C=O) groups excluding carboxylic acids is 1. The highest BCUT2D eigenvalue weighted by Gasteiger charge is 2.42. The Morgan fingerprint density at radius 2 is 1.76 bits per heavy atom. The van der Waals surface area contributed by atoms with E-state index in [0.717, 1.165) is 25.8 Å². The van der Waals surface area contributed by atoms with Crippen molar-refractivity contribution in [3.05, 3.63) is 53.6 Å². The van der Waals surface area contributed by atoms with Gasteiger partial charge in [-0.1, -0.05) is 50.6 Å². The van der Waals surface area contributed by atoms with Gasteiger partial charge < -0.3 is 9.88 Å². The van der Waals surface area contributed by atoms with Crippen LogP contribution < -0.4 is 5.32 Å². The minimum atomic E-state index is 0.111. The lowest BCUT2D eigenvalue weighted by Crippen LogP contribution is -2.45. The number of rotatable bonds is 8. The Kier molecular flexibility index (Phi) is 6.60. The number of imidazole rings is 1. The van der Waals surface area contributed by atoms with Crippen molar-refractivity contribution in [1.29, 1.82) is 0 Å². The Morgan fingerprint density at radius 1 is 1.06 bits per heavy atom. The van der Waals surface area contributed by atoms with Crippen molar-refractivity contribution in [3.63, 3.8) is 0 Å². The summed E-state index contributed by atoms with van der Waals surface area (Å²) in [6.45, 7) is 7.78. The standard InChI is InChI=1S/C28H40N4O/c1-19(2)27-18-29-20(3)32(27)25-16-23-12-13-24(17-25)31(23)15-14-26(21-8-5-4-6-9-21)30-28(33)22-10-7-11-22/h4-6,8-9,18-19,22-26H,7,10-17H2,1-3H3,(H,30,33)/t23-,24-,26+/m1/s1. The summed E-state index contributed by atoms with van der Waals surface area (Å²) in [5.41, 5.74) is 2.62. The summed E-state index contributed by atoms with van der Waals surface area (Å²) < 4.78 is 2.54. The van der Waals surface area contributed by atoms with Crippen molar-refractivity contribution >= 4 is 5.91 Å². The summed E-state index contributed by atoms with van der Waals surface area (Å²) in [7, 11) is 0. The SMILES string of the molecule is Cc1ncc(C(C)C)n1C1C[C@H]2CC[C@H](C1)N2CC[C@H](NC(=O)C1CCC1)c1ccccc1. The third kappa shape index (κ3) is 4.62. The number of carbonyl (C=O) groups is 1. The van der Waals surface area contributed by atoms with E-state index in [2.05, 4.69) is 77.1 Å². The molecule has 1 N–H and O–H groups in total. The second kappa shape index (κ2) is 9.61. The van der Waals surface area contributed by atoms with Crippen molar-refractivity contribution in [1.82, 2.24) is 19.8 Å². The van der Waals surface area contributed by atoms with E-state index < -0.39 is 0 Å². The molecule has 3 atom stereocenters. The van der Waals surface area contributed by atoms with Crippen molar-refractivity contribution in [2.75, 3.05) is 6.54 Å². The van der Waals surface area contributed by atoms with Crippen LogP contribution >= 0.6 is 0 Å². The average molecular weight is 449 g/mol. The topological polar surface area (TPSA) is 50.2 Å². The van der Waals surface area contributed by atoms with E-state index in [4.69, 9.17) is 0 Å². The number of nitrogens with one attached hydrogen (secondary N) is 1. The molecule has 3 fully saturated rings.